The van der Waals surface area contributed by atoms with Crippen LogP contribution in [-0.4, -0.2) is 30.3 Å². The Morgan fingerprint density at radius 3 is 2.70 bits per heavy atom. The van der Waals surface area contributed by atoms with E-state index in [0.717, 1.165) is 16.9 Å². The first-order valence-corrected chi connectivity index (χ1v) is 7.81. The van der Waals surface area contributed by atoms with E-state index < -0.39 is 6.10 Å². The van der Waals surface area contributed by atoms with Crippen molar-refractivity contribution in [2.75, 3.05) is 13.2 Å². The van der Waals surface area contributed by atoms with Crippen LogP contribution in [-0.2, 0) is 11.2 Å². The molecule has 4 nitrogen and oxygen atoms in total. The molecule has 4 heteroatoms. The smallest absolute Gasteiger partial charge is 0.220 e. The molecule has 1 unspecified atom stereocenters. The SMILES string of the molecule is Cc1cccc(OCC(O)CNC(=O)CCc2ccccc2)c1. The van der Waals surface area contributed by atoms with Gasteiger partial charge in [-0.05, 0) is 36.6 Å². The van der Waals surface area contributed by atoms with Gasteiger partial charge in [-0.25, -0.2) is 0 Å². The monoisotopic (exact) mass is 313 g/mol. The van der Waals surface area contributed by atoms with E-state index in [2.05, 4.69) is 5.32 Å². The third-order valence-corrected chi connectivity index (χ3v) is 3.45. The summed E-state index contributed by atoms with van der Waals surface area (Å²) in [4.78, 5) is 11.8. The maximum absolute atomic E-state index is 11.8. The molecule has 0 saturated carbocycles. The highest BCUT2D eigenvalue weighted by Crippen LogP contribution is 2.12. The number of rotatable bonds is 8. The summed E-state index contributed by atoms with van der Waals surface area (Å²) in [6.45, 7) is 2.33. The first-order chi connectivity index (χ1) is 11.1. The molecule has 0 spiro atoms. The van der Waals surface area contributed by atoms with Crippen molar-refractivity contribution in [2.24, 2.45) is 0 Å². The van der Waals surface area contributed by atoms with Crippen LogP contribution in [0.2, 0.25) is 0 Å². The number of hydrogen-bond acceptors (Lipinski definition) is 3. The van der Waals surface area contributed by atoms with Crippen molar-refractivity contribution < 1.29 is 14.6 Å². The van der Waals surface area contributed by atoms with Gasteiger partial charge in [0, 0.05) is 13.0 Å². The summed E-state index contributed by atoms with van der Waals surface area (Å²) in [5, 5.41) is 12.6. The number of amides is 1. The van der Waals surface area contributed by atoms with E-state index in [4.69, 9.17) is 4.74 Å². The highest BCUT2D eigenvalue weighted by atomic mass is 16.5. The van der Waals surface area contributed by atoms with Crippen molar-refractivity contribution in [2.45, 2.75) is 25.9 Å². The summed E-state index contributed by atoms with van der Waals surface area (Å²) in [6, 6.07) is 17.5. The Hall–Kier alpha value is -2.33. The lowest BCUT2D eigenvalue weighted by Gasteiger charge is -2.13. The third-order valence-electron chi connectivity index (χ3n) is 3.45. The van der Waals surface area contributed by atoms with Crippen LogP contribution in [0.4, 0.5) is 0 Å². The molecule has 0 radical (unpaired) electrons. The van der Waals surface area contributed by atoms with Crippen molar-refractivity contribution in [3.63, 3.8) is 0 Å². The third kappa shape index (κ3) is 6.53. The molecule has 0 aromatic heterocycles. The fourth-order valence-corrected chi connectivity index (χ4v) is 2.18. The molecule has 2 aromatic carbocycles. The van der Waals surface area contributed by atoms with Crippen LogP contribution in [0.1, 0.15) is 17.5 Å². The van der Waals surface area contributed by atoms with Gasteiger partial charge in [-0.15, -0.1) is 0 Å². The predicted octanol–water partition coefficient (Wildman–Crippen LogP) is 2.48. The van der Waals surface area contributed by atoms with Gasteiger partial charge in [0.1, 0.15) is 18.5 Å². The summed E-state index contributed by atoms with van der Waals surface area (Å²) >= 11 is 0. The molecular weight excluding hydrogens is 290 g/mol. The highest BCUT2D eigenvalue weighted by molar-refractivity contribution is 5.76. The van der Waals surface area contributed by atoms with Gasteiger partial charge in [-0.3, -0.25) is 4.79 Å². The summed E-state index contributed by atoms with van der Waals surface area (Å²) < 4.78 is 5.51. The van der Waals surface area contributed by atoms with E-state index in [9.17, 15) is 9.90 Å². The molecule has 1 atom stereocenters. The number of carbonyl (C=O) groups excluding carboxylic acids is 1. The number of hydrogen-bond donors (Lipinski definition) is 2. The maximum Gasteiger partial charge on any atom is 0.220 e. The first-order valence-electron chi connectivity index (χ1n) is 7.81. The van der Waals surface area contributed by atoms with Crippen molar-refractivity contribution in [3.05, 3.63) is 65.7 Å². The molecule has 0 aliphatic rings. The van der Waals surface area contributed by atoms with Crippen LogP contribution in [0, 0.1) is 6.92 Å². The van der Waals surface area contributed by atoms with Crippen LogP contribution >= 0.6 is 0 Å². The minimum atomic E-state index is -0.726. The normalized spacial score (nSPS) is 11.7. The molecule has 0 aliphatic heterocycles. The highest BCUT2D eigenvalue weighted by Gasteiger charge is 2.08. The zero-order valence-corrected chi connectivity index (χ0v) is 13.4. The van der Waals surface area contributed by atoms with Gasteiger partial charge in [0.2, 0.25) is 5.91 Å². The second kappa shape index (κ2) is 8.96. The van der Waals surface area contributed by atoms with Crippen molar-refractivity contribution in [1.29, 1.82) is 0 Å². The quantitative estimate of drug-likeness (QED) is 0.787. The van der Waals surface area contributed by atoms with E-state index in [0.29, 0.717) is 12.8 Å². The van der Waals surface area contributed by atoms with Crippen molar-refractivity contribution in [1.82, 2.24) is 5.32 Å². The number of aliphatic hydroxyl groups excluding tert-OH is 1. The van der Waals surface area contributed by atoms with Crippen LogP contribution < -0.4 is 10.1 Å². The lowest BCUT2D eigenvalue weighted by atomic mass is 10.1. The lowest BCUT2D eigenvalue weighted by Crippen LogP contribution is -2.35. The zero-order chi connectivity index (χ0) is 16.5. The first kappa shape index (κ1) is 17.0. The second-order valence-electron chi connectivity index (χ2n) is 5.57. The van der Waals surface area contributed by atoms with E-state index >= 15 is 0 Å². The van der Waals surface area contributed by atoms with E-state index in [1.54, 1.807) is 0 Å². The lowest BCUT2D eigenvalue weighted by molar-refractivity contribution is -0.121. The number of aliphatic hydroxyl groups is 1. The van der Waals surface area contributed by atoms with Crippen LogP contribution in [0.15, 0.2) is 54.6 Å². The Labute approximate surface area is 137 Å². The predicted molar refractivity (Wildman–Crippen MR) is 90.5 cm³/mol. The zero-order valence-electron chi connectivity index (χ0n) is 13.4. The molecule has 2 N–H and O–H groups in total. The van der Waals surface area contributed by atoms with Gasteiger partial charge >= 0.3 is 0 Å². The van der Waals surface area contributed by atoms with Gasteiger partial charge < -0.3 is 15.2 Å². The number of benzene rings is 2. The molecule has 2 rings (SSSR count). The summed E-state index contributed by atoms with van der Waals surface area (Å²) in [5.74, 6) is 0.655. The van der Waals surface area contributed by atoms with E-state index in [-0.39, 0.29) is 19.1 Å². The standard InChI is InChI=1S/C19H23NO3/c1-15-6-5-9-18(12-15)23-14-17(21)13-20-19(22)11-10-16-7-3-2-4-8-16/h2-9,12,17,21H,10-11,13-14H2,1H3,(H,20,22). The number of ether oxygens (including phenoxy) is 1. The molecule has 1 amide bonds. The van der Waals surface area contributed by atoms with Gasteiger partial charge in [0.25, 0.3) is 0 Å². The fourth-order valence-electron chi connectivity index (χ4n) is 2.18. The average Bonchev–Trinajstić information content (AvgIpc) is 2.57. The Bertz CT molecular complexity index is 613. The van der Waals surface area contributed by atoms with Crippen molar-refractivity contribution in [3.8, 4) is 5.75 Å². The van der Waals surface area contributed by atoms with Crippen LogP contribution in [0.5, 0.6) is 5.75 Å². The van der Waals surface area contributed by atoms with Gasteiger partial charge in [-0.2, -0.15) is 0 Å². The fraction of sp³-hybridized carbons (Fsp3) is 0.316. The van der Waals surface area contributed by atoms with E-state index in [1.165, 1.54) is 0 Å². The van der Waals surface area contributed by atoms with Gasteiger partial charge in [0.05, 0.1) is 0 Å². The van der Waals surface area contributed by atoms with Gasteiger partial charge in [-0.1, -0.05) is 42.5 Å². The Kier molecular flexibility index (Phi) is 6.63. The summed E-state index contributed by atoms with van der Waals surface area (Å²) in [5.41, 5.74) is 2.23. The molecule has 0 fully saturated rings. The van der Waals surface area contributed by atoms with Crippen LogP contribution in [0.25, 0.3) is 0 Å². The number of aryl methyl sites for hydroxylation is 2. The summed E-state index contributed by atoms with van der Waals surface area (Å²) in [7, 11) is 0. The molecule has 0 saturated heterocycles. The van der Waals surface area contributed by atoms with Crippen molar-refractivity contribution >= 4 is 5.91 Å². The molecule has 122 valence electrons. The summed E-state index contributed by atoms with van der Waals surface area (Å²) in [6.07, 6.45) is 0.383. The molecule has 23 heavy (non-hydrogen) atoms. The Balaban J connectivity index is 1.63. The van der Waals surface area contributed by atoms with E-state index in [1.807, 2.05) is 61.5 Å². The largest absolute Gasteiger partial charge is 0.491 e. The van der Waals surface area contributed by atoms with Gasteiger partial charge in [0.15, 0.2) is 0 Å². The minimum absolute atomic E-state index is 0.0662. The number of nitrogens with one attached hydrogen (secondary N) is 1. The molecular formula is C19H23NO3. The Morgan fingerprint density at radius 2 is 1.96 bits per heavy atom. The molecule has 0 aliphatic carbocycles. The Morgan fingerprint density at radius 1 is 1.17 bits per heavy atom. The molecule has 2 aromatic rings. The molecule has 0 heterocycles. The van der Waals surface area contributed by atoms with Crippen LogP contribution in [0.3, 0.4) is 0 Å². The average molecular weight is 313 g/mol. The maximum atomic E-state index is 11.8. The molecule has 0 bridgehead atoms. The topological polar surface area (TPSA) is 58.6 Å². The number of carbonyl (C=O) groups is 1. The minimum Gasteiger partial charge on any atom is -0.491 e. The second-order valence-corrected chi connectivity index (χ2v) is 5.57.